The molecule has 46 valence electrons. The van der Waals surface area contributed by atoms with E-state index in [0.29, 0.717) is 5.92 Å². The van der Waals surface area contributed by atoms with Crippen molar-refractivity contribution < 1.29 is 4.79 Å². The van der Waals surface area contributed by atoms with Gasteiger partial charge in [-0.2, -0.15) is 0 Å². The normalized spacial score (nSPS) is 44.0. The predicted octanol–water partition coefficient (Wildman–Crippen LogP) is 1.45. The van der Waals surface area contributed by atoms with E-state index in [1.165, 1.54) is 0 Å². The van der Waals surface area contributed by atoms with Gasteiger partial charge in [-0.25, -0.2) is 0 Å². The first-order valence-electron chi connectivity index (χ1n) is 2.90. The van der Waals surface area contributed by atoms with Gasteiger partial charge in [-0.05, 0) is 5.92 Å². The lowest BCUT2D eigenvalue weighted by molar-refractivity contribution is -0.109. The van der Waals surface area contributed by atoms with E-state index in [1.807, 2.05) is 0 Å². The number of hydrogen-bond acceptors (Lipinski definition) is 1. The Bertz CT molecular complexity index is 103. The van der Waals surface area contributed by atoms with E-state index in [2.05, 4.69) is 6.92 Å². The minimum atomic E-state index is 0.150. The Morgan fingerprint density at radius 1 is 1.75 bits per heavy atom. The molecule has 1 nitrogen and oxygen atoms in total. The molecule has 0 radical (unpaired) electrons. The largest absolute Gasteiger partial charge is 0.303 e. The summed E-state index contributed by atoms with van der Waals surface area (Å²) in [5, 5.41) is 0.150. The van der Waals surface area contributed by atoms with Crippen LogP contribution in [0.25, 0.3) is 0 Å². The Morgan fingerprint density at radius 2 is 2.38 bits per heavy atom. The molecule has 0 aromatic rings. The lowest BCUT2D eigenvalue weighted by atomic mass is 10.3. The van der Waals surface area contributed by atoms with Crippen LogP contribution in [0.15, 0.2) is 0 Å². The number of alkyl halides is 1. The summed E-state index contributed by atoms with van der Waals surface area (Å²) in [5.41, 5.74) is 0. The average Bonchev–Trinajstić information content (AvgIpc) is 2.40. The van der Waals surface area contributed by atoms with Crippen LogP contribution < -0.4 is 0 Å². The highest BCUT2D eigenvalue weighted by atomic mass is 35.5. The van der Waals surface area contributed by atoms with Gasteiger partial charge in [-0.3, -0.25) is 0 Å². The van der Waals surface area contributed by atoms with Gasteiger partial charge >= 0.3 is 0 Å². The van der Waals surface area contributed by atoms with E-state index in [4.69, 9.17) is 11.6 Å². The highest BCUT2D eigenvalue weighted by Gasteiger charge is 2.47. The Hall–Kier alpha value is -0.0400. The van der Waals surface area contributed by atoms with Crippen LogP contribution in [0.5, 0.6) is 0 Å². The maximum atomic E-state index is 10.1. The zero-order chi connectivity index (χ0) is 6.15. The van der Waals surface area contributed by atoms with Crippen LogP contribution in [-0.2, 0) is 4.79 Å². The molecule has 0 spiro atoms. The molecule has 0 aromatic carbocycles. The monoisotopic (exact) mass is 132 g/mol. The topological polar surface area (TPSA) is 17.1 Å². The minimum Gasteiger partial charge on any atom is -0.303 e. The van der Waals surface area contributed by atoms with Crippen LogP contribution in [0.2, 0.25) is 0 Å². The fourth-order valence-electron chi connectivity index (χ4n) is 1.03. The molecule has 2 heteroatoms. The minimum absolute atomic E-state index is 0.150. The van der Waals surface area contributed by atoms with Crippen molar-refractivity contribution in [2.24, 2.45) is 11.8 Å². The van der Waals surface area contributed by atoms with E-state index in [0.717, 1.165) is 12.7 Å². The zero-order valence-electron chi connectivity index (χ0n) is 4.80. The number of carbonyl (C=O) groups is 1. The molecular formula is C6H9ClO. The number of halogens is 1. The molecule has 1 fully saturated rings. The van der Waals surface area contributed by atoms with Crippen molar-refractivity contribution in [3.05, 3.63) is 0 Å². The average molecular weight is 133 g/mol. The summed E-state index contributed by atoms with van der Waals surface area (Å²) in [7, 11) is 0. The van der Waals surface area contributed by atoms with Gasteiger partial charge in [0.2, 0.25) is 0 Å². The molecule has 1 rings (SSSR count). The van der Waals surface area contributed by atoms with Crippen LogP contribution in [-0.4, -0.2) is 11.7 Å². The molecule has 0 N–H and O–H groups in total. The number of aldehydes is 1. The Balaban J connectivity index is 2.33. The molecule has 1 saturated carbocycles. The van der Waals surface area contributed by atoms with E-state index in [1.54, 1.807) is 0 Å². The van der Waals surface area contributed by atoms with Gasteiger partial charge < -0.3 is 4.79 Å². The highest BCUT2D eigenvalue weighted by Crippen LogP contribution is 2.44. The molecular weight excluding hydrogens is 124 g/mol. The maximum absolute atomic E-state index is 10.1. The quantitative estimate of drug-likeness (QED) is 0.411. The standard InChI is InChI=1S/C6H9ClO/c1-2-4-5(3-8)6(4)7/h3-6H,2H2,1H3/t4-,5-,6-/m0/s1. The Labute approximate surface area is 54.0 Å². The second kappa shape index (κ2) is 2.06. The highest BCUT2D eigenvalue weighted by molar-refractivity contribution is 6.24. The molecule has 0 unspecified atom stereocenters. The third-order valence-electron chi connectivity index (χ3n) is 1.76. The molecule has 8 heavy (non-hydrogen) atoms. The van der Waals surface area contributed by atoms with Gasteiger partial charge in [0.1, 0.15) is 6.29 Å². The van der Waals surface area contributed by atoms with Gasteiger partial charge in [-0.1, -0.05) is 13.3 Å². The van der Waals surface area contributed by atoms with Gasteiger partial charge in [0.05, 0.1) is 0 Å². The number of rotatable bonds is 2. The van der Waals surface area contributed by atoms with Crippen molar-refractivity contribution in [2.75, 3.05) is 0 Å². The first-order valence-corrected chi connectivity index (χ1v) is 3.34. The van der Waals surface area contributed by atoms with Gasteiger partial charge in [0, 0.05) is 11.3 Å². The lowest BCUT2D eigenvalue weighted by Gasteiger charge is -1.79. The maximum Gasteiger partial charge on any atom is 0.124 e. The summed E-state index contributed by atoms with van der Waals surface area (Å²) in [4.78, 5) is 10.1. The van der Waals surface area contributed by atoms with E-state index < -0.39 is 0 Å². The third-order valence-corrected chi connectivity index (χ3v) is 2.37. The van der Waals surface area contributed by atoms with Crippen molar-refractivity contribution in [2.45, 2.75) is 18.7 Å². The summed E-state index contributed by atoms with van der Waals surface area (Å²) in [6, 6.07) is 0. The van der Waals surface area contributed by atoms with E-state index in [9.17, 15) is 4.79 Å². The number of carbonyl (C=O) groups excluding carboxylic acids is 1. The predicted molar refractivity (Wildman–Crippen MR) is 33.0 cm³/mol. The lowest BCUT2D eigenvalue weighted by Crippen LogP contribution is -1.78. The smallest absolute Gasteiger partial charge is 0.124 e. The van der Waals surface area contributed by atoms with Crippen LogP contribution in [0.4, 0.5) is 0 Å². The molecule has 0 aliphatic heterocycles. The first-order chi connectivity index (χ1) is 3.81. The second-order valence-electron chi connectivity index (χ2n) is 2.23. The first kappa shape index (κ1) is 6.09. The van der Waals surface area contributed by atoms with Crippen LogP contribution in [0.3, 0.4) is 0 Å². The molecule has 0 aromatic heterocycles. The molecule has 0 bridgehead atoms. The van der Waals surface area contributed by atoms with Gasteiger partial charge in [0.25, 0.3) is 0 Å². The number of hydrogen-bond donors (Lipinski definition) is 0. The summed E-state index contributed by atoms with van der Waals surface area (Å²) in [5.74, 6) is 0.649. The fourth-order valence-corrected chi connectivity index (χ4v) is 1.54. The molecule has 1 aliphatic carbocycles. The molecule has 0 saturated heterocycles. The summed E-state index contributed by atoms with van der Waals surface area (Å²) < 4.78 is 0. The third kappa shape index (κ3) is 0.752. The molecule has 1 aliphatic rings. The van der Waals surface area contributed by atoms with Gasteiger partial charge in [0.15, 0.2) is 0 Å². The molecule has 0 amide bonds. The summed E-state index contributed by atoms with van der Waals surface area (Å²) in [6.45, 7) is 2.06. The van der Waals surface area contributed by atoms with Crippen molar-refractivity contribution in [3.63, 3.8) is 0 Å². The summed E-state index contributed by atoms with van der Waals surface area (Å²) >= 11 is 5.69. The van der Waals surface area contributed by atoms with Crippen LogP contribution >= 0.6 is 11.6 Å². The van der Waals surface area contributed by atoms with Crippen LogP contribution in [0, 0.1) is 11.8 Å². The Kier molecular flexibility index (Phi) is 1.57. The zero-order valence-corrected chi connectivity index (χ0v) is 5.56. The van der Waals surface area contributed by atoms with Gasteiger partial charge in [-0.15, -0.1) is 11.6 Å². The van der Waals surface area contributed by atoms with Crippen molar-refractivity contribution in [3.8, 4) is 0 Å². The SMILES string of the molecule is CC[C@@H]1[C@H](Cl)[C@H]1C=O. The van der Waals surface area contributed by atoms with E-state index in [-0.39, 0.29) is 11.3 Å². The van der Waals surface area contributed by atoms with Crippen molar-refractivity contribution in [1.82, 2.24) is 0 Å². The second-order valence-corrected chi connectivity index (χ2v) is 2.73. The Morgan fingerprint density at radius 3 is 2.50 bits per heavy atom. The summed E-state index contributed by atoms with van der Waals surface area (Å²) in [6.07, 6.45) is 2.00. The van der Waals surface area contributed by atoms with Crippen molar-refractivity contribution >= 4 is 17.9 Å². The van der Waals surface area contributed by atoms with Crippen LogP contribution in [0.1, 0.15) is 13.3 Å². The molecule has 3 atom stereocenters. The van der Waals surface area contributed by atoms with E-state index >= 15 is 0 Å². The van der Waals surface area contributed by atoms with Crippen molar-refractivity contribution in [1.29, 1.82) is 0 Å². The molecule has 0 heterocycles. The fraction of sp³-hybridized carbons (Fsp3) is 0.833.